The predicted molar refractivity (Wildman–Crippen MR) is 207 cm³/mol. The molecule has 2 rings (SSSR count). The van der Waals surface area contributed by atoms with Crippen LogP contribution < -0.4 is 0 Å². The largest absolute Gasteiger partial charge is 0.347 e. The minimum atomic E-state index is -0.323. The summed E-state index contributed by atoms with van der Waals surface area (Å²) >= 11 is 0. The summed E-state index contributed by atoms with van der Waals surface area (Å²) in [6, 6.07) is 0. The fraction of sp³-hybridized carbons (Fsp3) is 0.773. The number of rotatable bonds is 29. The monoisotopic (exact) mass is 652 g/mol. The molecule has 3 nitrogen and oxygen atoms in total. The fourth-order valence-electron chi connectivity index (χ4n) is 6.93. The molecule has 1 spiro atoms. The van der Waals surface area contributed by atoms with Crippen LogP contribution in [0.1, 0.15) is 181 Å². The van der Waals surface area contributed by atoms with Gasteiger partial charge < -0.3 is 14.4 Å². The quantitative estimate of drug-likeness (QED) is 0.0593. The zero-order valence-electron chi connectivity index (χ0n) is 31.5. The fourth-order valence-corrected chi connectivity index (χ4v) is 6.93. The molecule has 0 aromatic heterocycles. The highest BCUT2D eigenvalue weighted by Gasteiger charge is 2.50. The molecule has 1 atom stereocenters. The van der Waals surface area contributed by atoms with Gasteiger partial charge in [-0.15, -0.1) is 0 Å². The molecule has 0 bridgehead atoms. The van der Waals surface area contributed by atoms with Crippen LogP contribution in [-0.2, 0) is 9.47 Å². The van der Waals surface area contributed by atoms with Crippen LogP contribution in [0.5, 0.6) is 0 Å². The average Bonchev–Trinajstić information content (AvgIpc) is 3.43. The standard InChI is InChI=1S/C44H77NO2/c1-4-6-8-10-12-14-16-18-20-22-24-26-28-30-32-34-36-44(46-42-43(47-44)38-40-45(3)41-39-43)37-35-33-31-29-27-25-23-21-19-17-15-13-11-9-7-5-2/h6,8,12-15,18-21H,4-5,7,9-11,16-17,22-42H2,1-3H3/b8-6-,14-12-,15-13-,20-18-,21-19-. The Bertz CT molecular complexity index is 862. The van der Waals surface area contributed by atoms with Gasteiger partial charge in [-0.2, -0.15) is 0 Å². The van der Waals surface area contributed by atoms with Gasteiger partial charge in [0.25, 0.3) is 0 Å². The molecular weight excluding hydrogens is 574 g/mol. The molecule has 2 aliphatic heterocycles. The lowest BCUT2D eigenvalue weighted by Gasteiger charge is -2.38. The normalized spacial score (nSPS) is 20.6. The van der Waals surface area contributed by atoms with Crippen LogP contribution in [0, 0.1) is 0 Å². The zero-order valence-corrected chi connectivity index (χ0v) is 31.5. The van der Waals surface area contributed by atoms with Gasteiger partial charge in [-0.3, -0.25) is 0 Å². The van der Waals surface area contributed by atoms with Gasteiger partial charge in [-0.05, 0) is 96.9 Å². The Balaban J connectivity index is 1.56. The SMILES string of the molecule is CC/C=C\C/C=C\C/C=C\CCCCCCCCC1(CCCCCCCC/C=C\C/C=C\CCCCC)OCC2(CCN(C)CC2)O1. The summed E-state index contributed by atoms with van der Waals surface area (Å²) in [6.45, 7) is 7.53. The molecule has 0 N–H and O–H groups in total. The first-order valence-corrected chi connectivity index (χ1v) is 20.4. The van der Waals surface area contributed by atoms with Crippen molar-refractivity contribution in [3.8, 4) is 0 Å². The van der Waals surface area contributed by atoms with E-state index in [1.54, 1.807) is 0 Å². The van der Waals surface area contributed by atoms with Gasteiger partial charge in [-0.25, -0.2) is 0 Å². The first-order chi connectivity index (χ1) is 23.1. The Labute approximate surface area is 293 Å². The molecule has 0 radical (unpaired) electrons. The molecule has 47 heavy (non-hydrogen) atoms. The zero-order chi connectivity index (χ0) is 33.6. The highest BCUT2D eigenvalue weighted by molar-refractivity contribution is 4.97. The van der Waals surface area contributed by atoms with Crippen molar-refractivity contribution in [1.82, 2.24) is 4.90 Å². The highest BCUT2D eigenvalue weighted by atomic mass is 16.8. The molecule has 0 saturated carbocycles. The topological polar surface area (TPSA) is 21.7 Å². The molecule has 0 aromatic carbocycles. The molecule has 1 unspecified atom stereocenters. The van der Waals surface area contributed by atoms with E-state index in [4.69, 9.17) is 9.47 Å². The van der Waals surface area contributed by atoms with Crippen LogP contribution in [0.15, 0.2) is 60.8 Å². The number of piperidine rings is 1. The van der Waals surface area contributed by atoms with E-state index in [0.29, 0.717) is 0 Å². The van der Waals surface area contributed by atoms with Crippen LogP contribution in [0.2, 0.25) is 0 Å². The number of nitrogens with zero attached hydrogens (tertiary/aromatic N) is 1. The second kappa shape index (κ2) is 28.4. The van der Waals surface area contributed by atoms with Gasteiger partial charge >= 0.3 is 0 Å². The number of ether oxygens (including phenoxy) is 2. The van der Waals surface area contributed by atoms with Crippen LogP contribution in [-0.4, -0.2) is 43.0 Å². The lowest BCUT2D eigenvalue weighted by Crippen LogP contribution is -2.46. The molecule has 0 aromatic rings. The van der Waals surface area contributed by atoms with Gasteiger partial charge in [0.05, 0.1) is 12.2 Å². The first-order valence-electron chi connectivity index (χ1n) is 20.4. The number of likely N-dealkylation sites (tertiary alicyclic amines) is 1. The molecule has 2 aliphatic rings. The summed E-state index contributed by atoms with van der Waals surface area (Å²) in [5.41, 5.74) is -0.0275. The summed E-state index contributed by atoms with van der Waals surface area (Å²) < 4.78 is 13.6. The lowest BCUT2D eigenvalue weighted by molar-refractivity contribution is -0.204. The van der Waals surface area contributed by atoms with E-state index < -0.39 is 0 Å². The van der Waals surface area contributed by atoms with Gasteiger partial charge in [0.1, 0.15) is 0 Å². The summed E-state index contributed by atoms with van der Waals surface area (Å²) in [4.78, 5) is 2.44. The van der Waals surface area contributed by atoms with E-state index in [0.717, 1.165) is 71.1 Å². The van der Waals surface area contributed by atoms with Gasteiger partial charge in [-0.1, -0.05) is 139 Å². The third-order valence-corrected chi connectivity index (χ3v) is 10.1. The third kappa shape index (κ3) is 21.3. The van der Waals surface area contributed by atoms with Crippen LogP contribution in [0.3, 0.4) is 0 Å². The van der Waals surface area contributed by atoms with Crippen LogP contribution >= 0.6 is 0 Å². The smallest absolute Gasteiger partial charge is 0.169 e. The van der Waals surface area contributed by atoms with Crippen molar-refractivity contribution in [2.24, 2.45) is 0 Å². The second-order valence-corrected chi connectivity index (χ2v) is 14.6. The van der Waals surface area contributed by atoms with Gasteiger partial charge in [0.2, 0.25) is 0 Å². The Morgan fingerprint density at radius 2 is 0.936 bits per heavy atom. The van der Waals surface area contributed by atoms with Crippen LogP contribution in [0.4, 0.5) is 0 Å². The average molecular weight is 652 g/mol. The second-order valence-electron chi connectivity index (χ2n) is 14.6. The molecule has 270 valence electrons. The molecule has 2 fully saturated rings. The van der Waals surface area contributed by atoms with Crippen molar-refractivity contribution in [2.75, 3.05) is 26.7 Å². The molecule has 0 amide bonds. The van der Waals surface area contributed by atoms with Crippen molar-refractivity contribution in [3.05, 3.63) is 60.8 Å². The third-order valence-electron chi connectivity index (χ3n) is 10.1. The van der Waals surface area contributed by atoms with Crippen LogP contribution in [0.25, 0.3) is 0 Å². The minimum Gasteiger partial charge on any atom is -0.347 e. The number of hydrogen-bond acceptors (Lipinski definition) is 3. The van der Waals surface area contributed by atoms with E-state index in [-0.39, 0.29) is 11.4 Å². The van der Waals surface area contributed by atoms with Crippen molar-refractivity contribution in [1.29, 1.82) is 0 Å². The number of hydrogen-bond donors (Lipinski definition) is 0. The van der Waals surface area contributed by atoms with E-state index in [1.807, 2.05) is 0 Å². The van der Waals surface area contributed by atoms with Crippen molar-refractivity contribution in [3.63, 3.8) is 0 Å². The van der Waals surface area contributed by atoms with E-state index in [1.165, 1.54) is 116 Å². The Kier molecular flexibility index (Phi) is 25.2. The molecule has 0 aliphatic carbocycles. The summed E-state index contributed by atoms with van der Waals surface area (Å²) in [5.74, 6) is -0.323. The van der Waals surface area contributed by atoms with Crippen molar-refractivity contribution < 1.29 is 9.47 Å². The van der Waals surface area contributed by atoms with Crippen molar-refractivity contribution >= 4 is 0 Å². The molecule has 2 heterocycles. The maximum atomic E-state index is 7.00. The van der Waals surface area contributed by atoms with Gasteiger partial charge in [0, 0.05) is 25.9 Å². The Hall–Kier alpha value is -1.42. The summed E-state index contributed by atoms with van der Waals surface area (Å²) in [7, 11) is 2.24. The molecule has 3 heteroatoms. The lowest BCUT2D eigenvalue weighted by atomic mass is 9.92. The predicted octanol–water partition coefficient (Wildman–Crippen LogP) is 13.4. The first kappa shape index (κ1) is 41.7. The maximum absolute atomic E-state index is 7.00. The number of unbranched alkanes of at least 4 members (excludes halogenated alkanes) is 15. The van der Waals surface area contributed by atoms with Gasteiger partial charge in [0.15, 0.2) is 5.79 Å². The maximum Gasteiger partial charge on any atom is 0.169 e. The van der Waals surface area contributed by atoms with E-state index in [9.17, 15) is 0 Å². The van der Waals surface area contributed by atoms with E-state index >= 15 is 0 Å². The minimum absolute atomic E-state index is 0.0275. The Morgan fingerprint density at radius 3 is 1.43 bits per heavy atom. The Morgan fingerprint density at radius 1 is 0.511 bits per heavy atom. The summed E-state index contributed by atoms with van der Waals surface area (Å²) in [5, 5.41) is 0. The number of allylic oxidation sites excluding steroid dienone is 10. The van der Waals surface area contributed by atoms with E-state index in [2.05, 4.69) is 86.6 Å². The van der Waals surface area contributed by atoms with Crippen molar-refractivity contribution in [2.45, 2.75) is 192 Å². The molecule has 2 saturated heterocycles. The highest BCUT2D eigenvalue weighted by Crippen LogP contribution is 2.43. The summed E-state index contributed by atoms with van der Waals surface area (Å²) in [6.07, 6.45) is 55.5. The molecular formula is C44H77NO2.